The van der Waals surface area contributed by atoms with Crippen LogP contribution in [0.1, 0.15) is 28.9 Å². The quantitative estimate of drug-likeness (QED) is 0.191. The Hall–Kier alpha value is -4.95. The number of aromatic nitrogens is 4. The van der Waals surface area contributed by atoms with Crippen LogP contribution < -0.4 is 21.6 Å². The molecule has 0 unspecified atom stereocenters. The Morgan fingerprint density at radius 2 is 1.82 bits per heavy atom. The van der Waals surface area contributed by atoms with Gasteiger partial charge in [-0.15, -0.1) is 4.91 Å². The Balaban J connectivity index is 1.74. The molecule has 0 bridgehead atoms. The summed E-state index contributed by atoms with van der Waals surface area (Å²) in [4.78, 5) is 81.1. The maximum absolute atomic E-state index is 12.3. The minimum atomic E-state index is -1.39. The number of aromatic amines is 2. The molecular formula is C19H17N7O8. The summed E-state index contributed by atoms with van der Waals surface area (Å²) < 4.78 is 0. The maximum Gasteiger partial charge on any atom is 0.327 e. The van der Waals surface area contributed by atoms with Crippen LogP contribution in [-0.2, 0) is 16.1 Å². The lowest BCUT2D eigenvalue weighted by Crippen LogP contribution is -2.41. The number of hydrogen-bond donors (Lipinski definition) is 5. The second-order valence-corrected chi connectivity index (χ2v) is 6.95. The van der Waals surface area contributed by atoms with Crippen molar-refractivity contribution in [1.29, 1.82) is 0 Å². The second-order valence-electron chi connectivity index (χ2n) is 6.95. The molecule has 15 nitrogen and oxygen atoms in total. The largest absolute Gasteiger partial charge is 0.481 e. The number of benzene rings is 1. The molecule has 34 heavy (non-hydrogen) atoms. The highest BCUT2D eigenvalue weighted by atomic mass is 16.4. The molecule has 0 aliphatic heterocycles. The highest BCUT2D eigenvalue weighted by Crippen LogP contribution is 2.18. The zero-order chi connectivity index (χ0) is 24.8. The van der Waals surface area contributed by atoms with E-state index in [-0.39, 0.29) is 41.1 Å². The van der Waals surface area contributed by atoms with E-state index in [1.807, 2.05) is 4.98 Å². The van der Waals surface area contributed by atoms with Crippen molar-refractivity contribution in [2.75, 3.05) is 5.01 Å². The van der Waals surface area contributed by atoms with Crippen LogP contribution in [0.5, 0.6) is 0 Å². The van der Waals surface area contributed by atoms with Crippen LogP contribution in [0, 0.1) is 4.91 Å². The van der Waals surface area contributed by atoms with Gasteiger partial charge in [0.25, 0.3) is 11.5 Å². The Morgan fingerprint density at radius 3 is 2.44 bits per heavy atom. The van der Waals surface area contributed by atoms with Gasteiger partial charge in [0, 0.05) is 12.0 Å². The van der Waals surface area contributed by atoms with E-state index in [0.29, 0.717) is 0 Å². The van der Waals surface area contributed by atoms with Crippen LogP contribution in [0.15, 0.2) is 45.3 Å². The average Bonchev–Trinajstić information content (AvgIpc) is 2.80. The number of hydrogen-bond acceptors (Lipinski definition) is 9. The van der Waals surface area contributed by atoms with Crippen LogP contribution in [0.3, 0.4) is 0 Å². The molecule has 0 saturated heterocycles. The number of nitrogens with one attached hydrogen (secondary N) is 3. The first-order chi connectivity index (χ1) is 16.2. The SMILES string of the molecule is O=NN(Cc1cnc2[nH]c(=O)[nH]c(=O)c2n1)c1ccc(C(=O)N[C@@H](CCC(=O)O)C(=O)O)cc1. The average molecular weight is 471 g/mol. The lowest BCUT2D eigenvalue weighted by atomic mass is 10.1. The van der Waals surface area contributed by atoms with Gasteiger partial charge < -0.3 is 15.5 Å². The van der Waals surface area contributed by atoms with Gasteiger partial charge in [0.1, 0.15) is 6.04 Å². The number of nitrogens with zero attached hydrogens (tertiary/aromatic N) is 4. The van der Waals surface area contributed by atoms with E-state index in [1.54, 1.807) is 0 Å². The zero-order valence-corrected chi connectivity index (χ0v) is 17.2. The van der Waals surface area contributed by atoms with E-state index in [9.17, 15) is 28.9 Å². The number of H-pyrrole nitrogens is 2. The van der Waals surface area contributed by atoms with Gasteiger partial charge in [0.05, 0.1) is 29.4 Å². The molecule has 1 amide bonds. The maximum atomic E-state index is 12.3. The van der Waals surface area contributed by atoms with Gasteiger partial charge in [0.2, 0.25) is 0 Å². The summed E-state index contributed by atoms with van der Waals surface area (Å²) in [6, 6.07) is 4.01. The lowest BCUT2D eigenvalue weighted by molar-refractivity contribution is -0.140. The summed E-state index contributed by atoms with van der Waals surface area (Å²) >= 11 is 0. The molecular weight excluding hydrogens is 454 g/mol. The van der Waals surface area contributed by atoms with Crippen molar-refractivity contribution in [1.82, 2.24) is 25.3 Å². The Kier molecular flexibility index (Phi) is 7.05. The number of rotatable bonds is 10. The normalized spacial score (nSPS) is 11.5. The molecule has 0 aliphatic carbocycles. The fourth-order valence-electron chi connectivity index (χ4n) is 2.93. The molecule has 0 saturated carbocycles. The molecule has 1 atom stereocenters. The molecule has 2 aromatic heterocycles. The number of fused-ring (bicyclic) bond motifs is 1. The molecule has 0 radical (unpaired) electrons. The standard InChI is InChI=1S/C19H17N7O8/c27-13(28)6-5-12(18(31)32)22-16(29)9-1-3-11(4-2-9)26(25-34)8-10-7-20-15-14(21-10)17(30)24-19(33)23-15/h1-4,7,12H,5-6,8H2,(H,22,29)(H,27,28)(H,31,32)(H2,20,23,24,30,33)/t12-/m0/s1. The predicted molar refractivity (Wildman–Crippen MR) is 115 cm³/mol. The van der Waals surface area contributed by atoms with Crippen LogP contribution in [0.25, 0.3) is 11.2 Å². The van der Waals surface area contributed by atoms with E-state index < -0.39 is 41.6 Å². The van der Waals surface area contributed by atoms with Gasteiger partial charge in [-0.3, -0.25) is 24.4 Å². The van der Waals surface area contributed by atoms with Crippen molar-refractivity contribution in [2.45, 2.75) is 25.4 Å². The van der Waals surface area contributed by atoms with Gasteiger partial charge >= 0.3 is 17.6 Å². The van der Waals surface area contributed by atoms with Crippen LogP contribution in [0.4, 0.5) is 5.69 Å². The summed E-state index contributed by atoms with van der Waals surface area (Å²) in [5, 5.41) is 24.0. The molecule has 176 valence electrons. The van der Waals surface area contributed by atoms with Crippen molar-refractivity contribution < 1.29 is 24.6 Å². The van der Waals surface area contributed by atoms with Crippen LogP contribution in [-0.4, -0.2) is 54.0 Å². The summed E-state index contributed by atoms with van der Waals surface area (Å²) in [5.74, 6) is -3.31. The third-order valence-electron chi connectivity index (χ3n) is 4.58. The van der Waals surface area contributed by atoms with Crippen LogP contribution in [0.2, 0.25) is 0 Å². The van der Waals surface area contributed by atoms with E-state index in [1.165, 1.54) is 30.5 Å². The third kappa shape index (κ3) is 5.64. The number of carbonyl (C=O) groups excluding carboxylic acids is 1. The molecule has 3 aromatic rings. The summed E-state index contributed by atoms with van der Waals surface area (Å²) in [6.07, 6.45) is 0.525. The molecule has 2 heterocycles. The first-order valence-electron chi connectivity index (χ1n) is 9.62. The van der Waals surface area contributed by atoms with Crippen LogP contribution >= 0.6 is 0 Å². The predicted octanol–water partition coefficient (Wildman–Crippen LogP) is -0.258. The number of carboxylic acid groups (broad SMARTS) is 2. The van der Waals surface area contributed by atoms with E-state index >= 15 is 0 Å². The number of aliphatic carboxylic acids is 2. The van der Waals surface area contributed by atoms with Crippen molar-refractivity contribution in [3.05, 3.63) is 67.5 Å². The first kappa shape index (κ1) is 23.7. The van der Waals surface area contributed by atoms with Gasteiger partial charge in [-0.05, 0) is 30.7 Å². The van der Waals surface area contributed by atoms with E-state index in [2.05, 4.69) is 25.6 Å². The van der Waals surface area contributed by atoms with Gasteiger partial charge in [-0.1, -0.05) is 0 Å². The second kappa shape index (κ2) is 10.1. The third-order valence-corrected chi connectivity index (χ3v) is 4.58. The molecule has 15 heteroatoms. The van der Waals surface area contributed by atoms with Crippen molar-refractivity contribution in [3.63, 3.8) is 0 Å². The van der Waals surface area contributed by atoms with Crippen molar-refractivity contribution in [3.8, 4) is 0 Å². The Morgan fingerprint density at radius 1 is 1.12 bits per heavy atom. The van der Waals surface area contributed by atoms with Crippen molar-refractivity contribution in [2.24, 2.45) is 5.29 Å². The molecule has 0 fully saturated rings. The summed E-state index contributed by atoms with van der Waals surface area (Å²) in [6.45, 7) is -0.188. The Labute approximate surface area is 188 Å². The van der Waals surface area contributed by atoms with Crippen molar-refractivity contribution >= 4 is 34.7 Å². The number of carbonyl (C=O) groups is 3. The topological polar surface area (TPSA) is 228 Å². The highest BCUT2D eigenvalue weighted by Gasteiger charge is 2.22. The zero-order valence-electron chi connectivity index (χ0n) is 17.2. The number of anilines is 1. The fourth-order valence-corrected chi connectivity index (χ4v) is 2.93. The molecule has 3 rings (SSSR count). The molecule has 1 aromatic carbocycles. The molecule has 5 N–H and O–H groups in total. The molecule has 0 aliphatic rings. The van der Waals surface area contributed by atoms with E-state index in [0.717, 1.165) is 5.01 Å². The summed E-state index contributed by atoms with van der Waals surface area (Å²) in [5.41, 5.74) is -1.14. The number of nitroso groups, excluding NO2 is 1. The number of carboxylic acids is 2. The molecule has 0 spiro atoms. The monoisotopic (exact) mass is 471 g/mol. The minimum absolute atomic E-state index is 0.0264. The van der Waals surface area contributed by atoms with E-state index in [4.69, 9.17) is 10.2 Å². The minimum Gasteiger partial charge on any atom is -0.481 e. The lowest BCUT2D eigenvalue weighted by Gasteiger charge is -2.16. The van der Waals surface area contributed by atoms with Gasteiger partial charge in [0.15, 0.2) is 11.2 Å². The highest BCUT2D eigenvalue weighted by molar-refractivity contribution is 5.97. The summed E-state index contributed by atoms with van der Waals surface area (Å²) in [7, 11) is 0. The first-order valence-corrected chi connectivity index (χ1v) is 9.62. The van der Waals surface area contributed by atoms with Gasteiger partial charge in [-0.2, -0.15) is 0 Å². The van der Waals surface area contributed by atoms with Gasteiger partial charge in [-0.25, -0.2) is 24.6 Å². The number of amides is 1. The fraction of sp³-hybridized carbons (Fsp3) is 0.211. The Bertz CT molecular complexity index is 1370. The smallest absolute Gasteiger partial charge is 0.327 e.